The third-order valence-corrected chi connectivity index (χ3v) is 5.68. The standard InChI is InChI=1S/C23H32N4O3/c1-2-3-4-5-6-7-8-13-25-21(28)18-11-14-27(15-12-18)23-19(17-24)26-22(30-23)20-10-9-16-29-20/h9-10,16,18H,2-8,11-15H2,1H3,(H,25,28). The lowest BCUT2D eigenvalue weighted by molar-refractivity contribution is -0.125. The fourth-order valence-electron chi connectivity index (χ4n) is 3.89. The van der Waals surface area contributed by atoms with Crippen LogP contribution in [0.5, 0.6) is 0 Å². The van der Waals surface area contributed by atoms with Gasteiger partial charge in [0, 0.05) is 25.6 Å². The Kier molecular flexibility index (Phi) is 8.37. The first-order valence-electron chi connectivity index (χ1n) is 11.2. The van der Waals surface area contributed by atoms with Crippen LogP contribution >= 0.6 is 0 Å². The number of amides is 1. The average molecular weight is 413 g/mol. The maximum atomic E-state index is 12.5. The number of nitriles is 1. The molecule has 0 aliphatic carbocycles. The molecule has 162 valence electrons. The van der Waals surface area contributed by atoms with Gasteiger partial charge in [0.25, 0.3) is 5.89 Å². The quantitative estimate of drug-likeness (QED) is 0.528. The predicted molar refractivity (Wildman–Crippen MR) is 115 cm³/mol. The number of oxazole rings is 1. The zero-order valence-electron chi connectivity index (χ0n) is 17.9. The molecule has 0 radical (unpaired) electrons. The van der Waals surface area contributed by atoms with Gasteiger partial charge < -0.3 is 19.1 Å². The van der Waals surface area contributed by atoms with Gasteiger partial charge in [0.15, 0.2) is 5.76 Å². The van der Waals surface area contributed by atoms with E-state index >= 15 is 0 Å². The van der Waals surface area contributed by atoms with Crippen molar-refractivity contribution in [3.05, 3.63) is 24.1 Å². The molecule has 2 aromatic heterocycles. The average Bonchev–Trinajstić information content (AvgIpc) is 3.45. The molecule has 1 aliphatic heterocycles. The predicted octanol–water partition coefficient (Wildman–Crippen LogP) is 4.89. The first-order chi connectivity index (χ1) is 14.7. The summed E-state index contributed by atoms with van der Waals surface area (Å²) in [6.45, 7) is 4.32. The molecule has 0 spiro atoms. The molecule has 1 amide bonds. The van der Waals surface area contributed by atoms with Crippen molar-refractivity contribution in [2.24, 2.45) is 5.92 Å². The van der Waals surface area contributed by atoms with E-state index < -0.39 is 0 Å². The summed E-state index contributed by atoms with van der Waals surface area (Å²) in [5.74, 6) is 1.43. The van der Waals surface area contributed by atoms with E-state index in [1.54, 1.807) is 18.4 Å². The Bertz CT molecular complexity index is 814. The van der Waals surface area contributed by atoms with Gasteiger partial charge in [0.05, 0.1) is 6.26 Å². The highest BCUT2D eigenvalue weighted by atomic mass is 16.4. The number of aromatic nitrogens is 1. The number of anilines is 1. The number of unbranched alkanes of at least 4 members (excludes halogenated alkanes) is 6. The number of carbonyl (C=O) groups is 1. The van der Waals surface area contributed by atoms with E-state index in [0.29, 0.717) is 30.6 Å². The molecule has 3 rings (SSSR count). The Labute approximate surface area is 178 Å². The van der Waals surface area contributed by atoms with Gasteiger partial charge in [-0.1, -0.05) is 45.4 Å². The lowest BCUT2D eigenvalue weighted by Gasteiger charge is -2.30. The van der Waals surface area contributed by atoms with Crippen molar-refractivity contribution in [1.29, 1.82) is 5.26 Å². The number of rotatable bonds is 11. The van der Waals surface area contributed by atoms with Gasteiger partial charge in [-0.25, -0.2) is 0 Å². The van der Waals surface area contributed by atoms with Gasteiger partial charge in [0.2, 0.25) is 17.5 Å². The summed E-state index contributed by atoms with van der Waals surface area (Å²) in [5.41, 5.74) is 0.253. The fraction of sp³-hybridized carbons (Fsp3) is 0.609. The highest BCUT2D eigenvalue weighted by molar-refractivity contribution is 5.79. The Morgan fingerprint density at radius 3 is 2.63 bits per heavy atom. The first-order valence-corrected chi connectivity index (χ1v) is 11.2. The van der Waals surface area contributed by atoms with Crippen LogP contribution in [-0.4, -0.2) is 30.5 Å². The van der Waals surface area contributed by atoms with Gasteiger partial charge >= 0.3 is 0 Å². The van der Waals surface area contributed by atoms with Crippen molar-refractivity contribution in [2.45, 2.75) is 64.7 Å². The molecule has 1 fully saturated rings. The van der Waals surface area contributed by atoms with Gasteiger partial charge in [-0.2, -0.15) is 10.2 Å². The summed E-state index contributed by atoms with van der Waals surface area (Å²) < 4.78 is 11.1. The summed E-state index contributed by atoms with van der Waals surface area (Å²) in [7, 11) is 0. The van der Waals surface area contributed by atoms with Gasteiger partial charge in [0.1, 0.15) is 6.07 Å². The summed E-state index contributed by atoms with van der Waals surface area (Å²) in [6.07, 6.45) is 11.7. The molecule has 0 aromatic carbocycles. The Morgan fingerprint density at radius 2 is 1.97 bits per heavy atom. The largest absolute Gasteiger partial charge is 0.459 e. The summed E-state index contributed by atoms with van der Waals surface area (Å²) in [5, 5.41) is 12.5. The molecular weight excluding hydrogens is 380 g/mol. The molecule has 2 aromatic rings. The number of piperidine rings is 1. The molecule has 1 N–H and O–H groups in total. The van der Waals surface area contributed by atoms with Crippen LogP contribution in [-0.2, 0) is 4.79 Å². The van der Waals surface area contributed by atoms with Crippen LogP contribution in [0.3, 0.4) is 0 Å². The highest BCUT2D eigenvalue weighted by Crippen LogP contribution is 2.31. The minimum Gasteiger partial charge on any atom is -0.459 e. The number of nitrogens with one attached hydrogen (secondary N) is 1. The summed E-state index contributed by atoms with van der Waals surface area (Å²) in [4.78, 5) is 18.7. The van der Waals surface area contributed by atoms with Crippen molar-refractivity contribution in [3.63, 3.8) is 0 Å². The number of hydrogen-bond acceptors (Lipinski definition) is 6. The van der Waals surface area contributed by atoms with Crippen LogP contribution in [0.15, 0.2) is 27.2 Å². The van der Waals surface area contributed by atoms with E-state index in [1.165, 1.54) is 38.5 Å². The third kappa shape index (κ3) is 5.88. The van der Waals surface area contributed by atoms with E-state index in [4.69, 9.17) is 8.83 Å². The normalized spacial score (nSPS) is 14.6. The second kappa shape index (κ2) is 11.4. The zero-order valence-corrected chi connectivity index (χ0v) is 17.9. The van der Waals surface area contributed by atoms with Crippen molar-refractivity contribution < 1.29 is 13.6 Å². The molecule has 30 heavy (non-hydrogen) atoms. The number of furan rings is 1. The zero-order chi connectivity index (χ0) is 21.2. The summed E-state index contributed by atoms with van der Waals surface area (Å²) >= 11 is 0. The van der Waals surface area contributed by atoms with Gasteiger partial charge in [-0.15, -0.1) is 0 Å². The summed E-state index contributed by atoms with van der Waals surface area (Å²) in [6, 6.07) is 5.60. The first kappa shape index (κ1) is 21.9. The van der Waals surface area contributed by atoms with Crippen LogP contribution in [0, 0.1) is 17.2 Å². The Hall–Kier alpha value is -2.75. The topological polar surface area (TPSA) is 95.3 Å². The monoisotopic (exact) mass is 412 g/mol. The highest BCUT2D eigenvalue weighted by Gasteiger charge is 2.29. The van der Waals surface area contributed by atoms with Crippen LogP contribution in [0.1, 0.15) is 70.4 Å². The van der Waals surface area contributed by atoms with E-state index in [9.17, 15) is 10.1 Å². The maximum absolute atomic E-state index is 12.5. The van der Waals surface area contributed by atoms with Crippen molar-refractivity contribution in [2.75, 3.05) is 24.5 Å². The molecule has 7 heteroatoms. The van der Waals surface area contributed by atoms with Crippen LogP contribution < -0.4 is 10.2 Å². The second-order valence-corrected chi connectivity index (χ2v) is 7.94. The molecular formula is C23H32N4O3. The molecule has 1 aliphatic rings. The molecule has 0 saturated carbocycles. The van der Waals surface area contributed by atoms with Crippen molar-refractivity contribution >= 4 is 11.8 Å². The minimum atomic E-state index is 0.0174. The van der Waals surface area contributed by atoms with Crippen LogP contribution in [0.4, 0.5) is 5.88 Å². The van der Waals surface area contributed by atoms with E-state index in [-0.39, 0.29) is 17.5 Å². The smallest absolute Gasteiger partial charge is 0.266 e. The molecule has 0 unspecified atom stereocenters. The van der Waals surface area contributed by atoms with Gasteiger partial charge in [-0.3, -0.25) is 4.79 Å². The van der Waals surface area contributed by atoms with E-state index in [1.807, 2.05) is 4.90 Å². The molecule has 7 nitrogen and oxygen atoms in total. The van der Waals surface area contributed by atoms with Crippen LogP contribution in [0.2, 0.25) is 0 Å². The minimum absolute atomic E-state index is 0.0174. The lowest BCUT2D eigenvalue weighted by Crippen LogP contribution is -2.41. The molecule has 0 atom stereocenters. The number of nitrogens with zero attached hydrogens (tertiary/aromatic N) is 3. The number of hydrogen-bond donors (Lipinski definition) is 1. The number of carbonyl (C=O) groups excluding carboxylic acids is 1. The molecule has 3 heterocycles. The third-order valence-electron chi connectivity index (χ3n) is 5.68. The Balaban J connectivity index is 1.41. The Morgan fingerprint density at radius 1 is 1.23 bits per heavy atom. The van der Waals surface area contributed by atoms with Crippen molar-refractivity contribution in [1.82, 2.24) is 10.3 Å². The maximum Gasteiger partial charge on any atom is 0.266 e. The fourth-order valence-corrected chi connectivity index (χ4v) is 3.89. The molecule has 1 saturated heterocycles. The van der Waals surface area contributed by atoms with Crippen molar-refractivity contribution in [3.8, 4) is 17.7 Å². The SMILES string of the molecule is CCCCCCCCCNC(=O)C1CCN(c2oc(-c3ccco3)nc2C#N)CC1. The van der Waals surface area contributed by atoms with Crippen LogP contribution in [0.25, 0.3) is 11.7 Å². The van der Waals surface area contributed by atoms with Gasteiger partial charge in [-0.05, 0) is 31.4 Å². The van der Waals surface area contributed by atoms with E-state index in [2.05, 4.69) is 23.3 Å². The second-order valence-electron chi connectivity index (χ2n) is 7.94. The molecule has 0 bridgehead atoms. The van der Waals surface area contributed by atoms with E-state index in [0.717, 1.165) is 25.8 Å². The lowest BCUT2D eigenvalue weighted by atomic mass is 9.96.